The fourth-order valence-electron chi connectivity index (χ4n) is 2.75. The van der Waals surface area contributed by atoms with Crippen molar-refractivity contribution in [2.24, 2.45) is 0 Å². The Labute approximate surface area is 166 Å². The predicted molar refractivity (Wildman–Crippen MR) is 109 cm³/mol. The third-order valence-electron chi connectivity index (χ3n) is 4.35. The van der Waals surface area contributed by atoms with Gasteiger partial charge in [-0.1, -0.05) is 32.9 Å². The lowest BCUT2D eigenvalue weighted by molar-refractivity contribution is -0.123. The summed E-state index contributed by atoms with van der Waals surface area (Å²) in [6.45, 7) is 6.68. The molecule has 0 unspecified atom stereocenters. The number of rotatable bonds is 8. The van der Waals surface area contributed by atoms with E-state index in [4.69, 9.17) is 18.9 Å². The molecule has 2 rings (SSSR count). The molecule has 0 fully saturated rings. The molecule has 0 radical (unpaired) electrons. The summed E-state index contributed by atoms with van der Waals surface area (Å²) in [4.78, 5) is 12.2. The molecule has 1 N–H and O–H groups in total. The zero-order valence-corrected chi connectivity index (χ0v) is 17.4. The summed E-state index contributed by atoms with van der Waals surface area (Å²) in [7, 11) is 4.65. The maximum absolute atomic E-state index is 12.2. The lowest BCUT2D eigenvalue weighted by Gasteiger charge is -2.19. The number of amides is 1. The normalized spacial score (nSPS) is 10.9. The fraction of sp³-hybridized carbons (Fsp3) is 0.409. The topological polar surface area (TPSA) is 66.0 Å². The quantitative estimate of drug-likeness (QED) is 0.748. The van der Waals surface area contributed by atoms with Gasteiger partial charge in [0.15, 0.2) is 18.1 Å². The minimum atomic E-state index is -0.225. The van der Waals surface area contributed by atoms with Gasteiger partial charge in [0.2, 0.25) is 5.75 Å². The van der Waals surface area contributed by atoms with Crippen LogP contribution in [0.3, 0.4) is 0 Å². The van der Waals surface area contributed by atoms with E-state index in [9.17, 15) is 4.79 Å². The largest absolute Gasteiger partial charge is 0.493 e. The monoisotopic (exact) mass is 387 g/mol. The highest BCUT2D eigenvalue weighted by atomic mass is 16.5. The molecule has 2 aromatic carbocycles. The molecule has 0 spiro atoms. The fourth-order valence-corrected chi connectivity index (χ4v) is 2.75. The number of methoxy groups -OCH3 is 3. The third-order valence-corrected chi connectivity index (χ3v) is 4.35. The van der Waals surface area contributed by atoms with Crippen molar-refractivity contribution in [2.45, 2.75) is 32.7 Å². The standard InChI is InChI=1S/C22H29NO5/c1-22(2,3)16-8-10-17(11-9-16)28-14-19(24)23-13-15-7-12-18(25-4)21(27-6)20(15)26-5/h7-12H,13-14H2,1-6H3,(H,23,24). The molecule has 0 bridgehead atoms. The van der Waals surface area contributed by atoms with Crippen molar-refractivity contribution in [1.82, 2.24) is 5.32 Å². The minimum Gasteiger partial charge on any atom is -0.493 e. The van der Waals surface area contributed by atoms with E-state index in [2.05, 4.69) is 26.1 Å². The Morgan fingerprint density at radius 1 is 0.893 bits per heavy atom. The van der Waals surface area contributed by atoms with E-state index < -0.39 is 0 Å². The van der Waals surface area contributed by atoms with Crippen molar-refractivity contribution in [3.05, 3.63) is 47.5 Å². The van der Waals surface area contributed by atoms with E-state index >= 15 is 0 Å². The highest BCUT2D eigenvalue weighted by Crippen LogP contribution is 2.39. The van der Waals surface area contributed by atoms with Crippen LogP contribution >= 0.6 is 0 Å². The van der Waals surface area contributed by atoms with E-state index in [-0.39, 0.29) is 24.5 Å². The maximum Gasteiger partial charge on any atom is 0.258 e. The van der Waals surface area contributed by atoms with Crippen LogP contribution in [0.15, 0.2) is 36.4 Å². The van der Waals surface area contributed by atoms with Crippen LogP contribution in [-0.4, -0.2) is 33.8 Å². The van der Waals surface area contributed by atoms with Gasteiger partial charge < -0.3 is 24.3 Å². The molecule has 0 saturated heterocycles. The second-order valence-electron chi connectivity index (χ2n) is 7.33. The van der Waals surface area contributed by atoms with Crippen LogP contribution in [0.5, 0.6) is 23.0 Å². The number of carbonyl (C=O) groups excluding carboxylic acids is 1. The van der Waals surface area contributed by atoms with Crippen molar-refractivity contribution in [3.8, 4) is 23.0 Å². The average Bonchev–Trinajstić information content (AvgIpc) is 2.69. The van der Waals surface area contributed by atoms with Gasteiger partial charge in [0.05, 0.1) is 21.3 Å². The van der Waals surface area contributed by atoms with Crippen molar-refractivity contribution in [2.75, 3.05) is 27.9 Å². The third kappa shape index (κ3) is 5.31. The SMILES string of the molecule is COc1ccc(CNC(=O)COc2ccc(C(C)(C)C)cc2)c(OC)c1OC. The van der Waals surface area contributed by atoms with Crippen LogP contribution in [0.25, 0.3) is 0 Å². The summed E-state index contributed by atoms with van der Waals surface area (Å²) in [6, 6.07) is 11.4. The maximum atomic E-state index is 12.2. The Balaban J connectivity index is 1.94. The Bertz CT molecular complexity index is 794. The molecule has 0 aliphatic rings. The summed E-state index contributed by atoms with van der Waals surface area (Å²) in [5, 5.41) is 2.83. The van der Waals surface area contributed by atoms with Crippen molar-refractivity contribution in [1.29, 1.82) is 0 Å². The van der Waals surface area contributed by atoms with E-state index in [1.165, 1.54) is 5.56 Å². The molecule has 2 aromatic rings. The molecule has 0 aliphatic carbocycles. The van der Waals surface area contributed by atoms with Gasteiger partial charge in [0, 0.05) is 12.1 Å². The van der Waals surface area contributed by atoms with E-state index in [1.807, 2.05) is 30.3 Å². The molecule has 6 nitrogen and oxygen atoms in total. The molecule has 0 aliphatic heterocycles. The van der Waals surface area contributed by atoms with E-state index in [1.54, 1.807) is 27.4 Å². The van der Waals surface area contributed by atoms with Gasteiger partial charge in [0.25, 0.3) is 5.91 Å². The van der Waals surface area contributed by atoms with Gasteiger partial charge >= 0.3 is 0 Å². The van der Waals surface area contributed by atoms with Crippen LogP contribution in [0.4, 0.5) is 0 Å². The van der Waals surface area contributed by atoms with Crippen LogP contribution < -0.4 is 24.3 Å². The Morgan fingerprint density at radius 2 is 1.54 bits per heavy atom. The minimum absolute atomic E-state index is 0.0650. The second kappa shape index (κ2) is 9.35. The molecule has 28 heavy (non-hydrogen) atoms. The van der Waals surface area contributed by atoms with E-state index in [0.29, 0.717) is 23.0 Å². The van der Waals surface area contributed by atoms with E-state index in [0.717, 1.165) is 5.56 Å². The predicted octanol–water partition coefficient (Wildman–Crippen LogP) is 3.71. The van der Waals surface area contributed by atoms with Gasteiger partial charge in [-0.3, -0.25) is 4.79 Å². The van der Waals surface area contributed by atoms with Gasteiger partial charge in [0.1, 0.15) is 5.75 Å². The van der Waals surface area contributed by atoms with Crippen molar-refractivity contribution >= 4 is 5.91 Å². The van der Waals surface area contributed by atoms with Gasteiger partial charge in [-0.15, -0.1) is 0 Å². The van der Waals surface area contributed by atoms with Gasteiger partial charge in [-0.2, -0.15) is 0 Å². The van der Waals surface area contributed by atoms with Crippen molar-refractivity contribution in [3.63, 3.8) is 0 Å². The first kappa shape index (κ1) is 21.4. The Hall–Kier alpha value is -2.89. The number of hydrogen-bond acceptors (Lipinski definition) is 5. The molecule has 0 atom stereocenters. The van der Waals surface area contributed by atoms with Crippen LogP contribution in [-0.2, 0) is 16.8 Å². The van der Waals surface area contributed by atoms with Gasteiger partial charge in [-0.25, -0.2) is 0 Å². The lowest BCUT2D eigenvalue weighted by Crippen LogP contribution is -2.28. The number of hydrogen-bond donors (Lipinski definition) is 1. The van der Waals surface area contributed by atoms with Crippen LogP contribution in [0.1, 0.15) is 31.9 Å². The molecule has 6 heteroatoms. The van der Waals surface area contributed by atoms with Crippen LogP contribution in [0, 0.1) is 0 Å². The molecule has 0 saturated carbocycles. The van der Waals surface area contributed by atoms with Gasteiger partial charge in [-0.05, 0) is 35.2 Å². The molecular weight excluding hydrogens is 358 g/mol. The number of benzene rings is 2. The molecule has 1 amide bonds. The zero-order chi connectivity index (χ0) is 20.7. The number of carbonyl (C=O) groups is 1. The summed E-state index contributed by atoms with van der Waals surface area (Å²) < 4.78 is 21.6. The Kier molecular flexibility index (Phi) is 7.15. The summed E-state index contributed by atoms with van der Waals surface area (Å²) in [5.74, 6) is 2.02. The number of ether oxygens (including phenoxy) is 4. The summed E-state index contributed by atoms with van der Waals surface area (Å²) in [5.41, 5.74) is 2.07. The van der Waals surface area contributed by atoms with Crippen molar-refractivity contribution < 1.29 is 23.7 Å². The molecule has 152 valence electrons. The highest BCUT2D eigenvalue weighted by molar-refractivity contribution is 5.77. The first-order chi connectivity index (χ1) is 13.3. The van der Waals surface area contributed by atoms with Crippen LogP contribution in [0.2, 0.25) is 0 Å². The molecule has 0 heterocycles. The smallest absolute Gasteiger partial charge is 0.258 e. The Morgan fingerprint density at radius 3 is 2.07 bits per heavy atom. The molecule has 0 aromatic heterocycles. The first-order valence-electron chi connectivity index (χ1n) is 9.08. The summed E-state index contributed by atoms with van der Waals surface area (Å²) >= 11 is 0. The lowest BCUT2D eigenvalue weighted by atomic mass is 9.87. The second-order valence-corrected chi connectivity index (χ2v) is 7.33. The zero-order valence-electron chi connectivity index (χ0n) is 17.4. The molecular formula is C22H29NO5. The number of nitrogens with one attached hydrogen (secondary N) is 1. The average molecular weight is 387 g/mol. The summed E-state index contributed by atoms with van der Waals surface area (Å²) in [6.07, 6.45) is 0. The highest BCUT2D eigenvalue weighted by Gasteiger charge is 2.16. The first-order valence-corrected chi connectivity index (χ1v) is 9.08.